The molecular weight excluding hydrogens is 743 g/mol. The molecule has 3 aromatic heterocycles. The predicted octanol–water partition coefficient (Wildman–Crippen LogP) is 16.8. The molecule has 0 aliphatic heterocycles. The van der Waals surface area contributed by atoms with Gasteiger partial charge in [-0.05, 0) is 100 Å². The molecule has 0 saturated heterocycles. The van der Waals surface area contributed by atoms with Gasteiger partial charge in [-0.2, -0.15) is 0 Å². The number of hydrogen-bond donors (Lipinski definition) is 0. The third-order valence-corrected chi connectivity index (χ3v) is 13.9. The minimum Gasteiger partial charge on any atom is -0.456 e. The molecular formula is C54H33NOS2. The Labute approximate surface area is 343 Å². The van der Waals surface area contributed by atoms with E-state index in [1.807, 2.05) is 34.8 Å². The van der Waals surface area contributed by atoms with Crippen LogP contribution in [-0.2, 0) is 0 Å². The lowest BCUT2D eigenvalue weighted by atomic mass is 10.00. The van der Waals surface area contributed by atoms with E-state index >= 15 is 0 Å². The van der Waals surface area contributed by atoms with Crippen molar-refractivity contribution in [1.29, 1.82) is 0 Å². The first-order chi connectivity index (χ1) is 28.7. The number of nitrogens with zero attached hydrogens (tertiary/aromatic N) is 1. The summed E-state index contributed by atoms with van der Waals surface area (Å²) in [5, 5.41) is 7.51. The summed E-state index contributed by atoms with van der Waals surface area (Å²) >= 11 is 3.75. The van der Waals surface area contributed by atoms with Crippen LogP contribution < -0.4 is 4.90 Å². The van der Waals surface area contributed by atoms with E-state index in [0.29, 0.717) is 0 Å². The van der Waals surface area contributed by atoms with Gasteiger partial charge < -0.3 is 9.32 Å². The number of para-hydroxylation sites is 1. The van der Waals surface area contributed by atoms with E-state index in [2.05, 4.69) is 193 Å². The summed E-state index contributed by atoms with van der Waals surface area (Å²) in [5.74, 6) is 0. The van der Waals surface area contributed by atoms with Crippen molar-refractivity contribution in [3.05, 3.63) is 200 Å². The zero-order chi connectivity index (χ0) is 38.2. The fourth-order valence-corrected chi connectivity index (χ4v) is 11.2. The van der Waals surface area contributed by atoms with Gasteiger partial charge in [0.2, 0.25) is 0 Å². The van der Waals surface area contributed by atoms with Crippen LogP contribution in [0.3, 0.4) is 0 Å². The first kappa shape index (κ1) is 33.2. The highest BCUT2D eigenvalue weighted by atomic mass is 32.1. The average Bonchev–Trinajstić information content (AvgIpc) is 3.98. The number of hydrogen-bond acceptors (Lipinski definition) is 4. The first-order valence-corrected chi connectivity index (χ1v) is 21.2. The molecule has 0 radical (unpaired) electrons. The molecule has 12 rings (SSSR count). The fourth-order valence-electron chi connectivity index (χ4n) is 8.73. The SMILES string of the molecule is c1cc(-c2cccc3c2sc2ccccc23)cc(N(c2ccc(-c3ccc4oc5ccccc5c4c3)cc2)c2cccc(-c3cccc4c3sc3ccccc34)c2)c1. The van der Waals surface area contributed by atoms with Gasteiger partial charge in [0.25, 0.3) is 0 Å². The standard InChI is InChI=1S/C54H33NOS2/c1-4-22-49-43(15-1)48-33-35(27-30-50(48)56-49)34-25-28-38(29-26-34)55(39-13-7-11-36(31-39)41-18-9-20-46-44-16-2-5-23-51(44)57-53(41)46)40-14-8-12-37(32-40)42-19-10-21-47-45-17-3-6-24-52(45)58-54(42)47/h1-33H. The minimum absolute atomic E-state index is 0.908. The van der Waals surface area contributed by atoms with E-state index < -0.39 is 0 Å². The Morgan fingerprint density at radius 1 is 0.310 bits per heavy atom. The summed E-state index contributed by atoms with van der Waals surface area (Å²) in [7, 11) is 0. The molecule has 0 aliphatic rings. The van der Waals surface area contributed by atoms with Gasteiger partial charge in [-0.15, -0.1) is 22.7 Å². The minimum atomic E-state index is 0.908. The zero-order valence-corrected chi connectivity index (χ0v) is 32.9. The van der Waals surface area contributed by atoms with Crippen LogP contribution in [0.2, 0.25) is 0 Å². The molecule has 3 heterocycles. The van der Waals surface area contributed by atoms with Gasteiger partial charge in [0.15, 0.2) is 0 Å². The lowest BCUT2D eigenvalue weighted by Crippen LogP contribution is -2.10. The molecule has 0 unspecified atom stereocenters. The van der Waals surface area contributed by atoms with E-state index in [1.165, 1.54) is 62.6 Å². The number of furan rings is 1. The van der Waals surface area contributed by atoms with Crippen molar-refractivity contribution in [2.45, 2.75) is 0 Å². The van der Waals surface area contributed by atoms with E-state index in [-0.39, 0.29) is 0 Å². The maximum absolute atomic E-state index is 6.15. The van der Waals surface area contributed by atoms with Gasteiger partial charge in [0.1, 0.15) is 11.2 Å². The highest BCUT2D eigenvalue weighted by molar-refractivity contribution is 7.26. The highest BCUT2D eigenvalue weighted by Gasteiger charge is 2.18. The van der Waals surface area contributed by atoms with Crippen LogP contribution in [0.1, 0.15) is 0 Å². The van der Waals surface area contributed by atoms with Crippen molar-refractivity contribution in [3.8, 4) is 33.4 Å². The molecule has 0 atom stereocenters. The molecule has 0 N–H and O–H groups in total. The number of thiophene rings is 2. The average molecular weight is 776 g/mol. The van der Waals surface area contributed by atoms with Crippen LogP contribution in [0, 0.1) is 0 Å². The van der Waals surface area contributed by atoms with Crippen molar-refractivity contribution in [2.24, 2.45) is 0 Å². The molecule has 2 nitrogen and oxygen atoms in total. The van der Waals surface area contributed by atoms with Gasteiger partial charge >= 0.3 is 0 Å². The second-order valence-corrected chi connectivity index (χ2v) is 17.0. The van der Waals surface area contributed by atoms with Gasteiger partial charge in [-0.25, -0.2) is 0 Å². The quantitative estimate of drug-likeness (QED) is 0.167. The van der Waals surface area contributed by atoms with Crippen LogP contribution >= 0.6 is 22.7 Å². The van der Waals surface area contributed by atoms with E-state index in [4.69, 9.17) is 4.42 Å². The van der Waals surface area contributed by atoms with Crippen LogP contribution in [-0.4, -0.2) is 0 Å². The molecule has 272 valence electrons. The first-order valence-electron chi connectivity index (χ1n) is 19.6. The molecule has 0 aliphatic carbocycles. The van der Waals surface area contributed by atoms with Crippen molar-refractivity contribution in [1.82, 2.24) is 0 Å². The Hall–Kier alpha value is -6.98. The maximum atomic E-state index is 6.15. The van der Waals surface area contributed by atoms with Crippen molar-refractivity contribution in [3.63, 3.8) is 0 Å². The molecule has 0 fully saturated rings. The number of benzene rings is 9. The summed E-state index contributed by atoms with van der Waals surface area (Å²) in [6.45, 7) is 0. The van der Waals surface area contributed by atoms with Crippen molar-refractivity contribution in [2.75, 3.05) is 4.90 Å². The number of rotatable bonds is 6. The van der Waals surface area contributed by atoms with E-state index in [1.54, 1.807) is 0 Å². The Morgan fingerprint density at radius 3 is 1.43 bits per heavy atom. The Morgan fingerprint density at radius 2 is 0.810 bits per heavy atom. The highest BCUT2D eigenvalue weighted by Crippen LogP contribution is 2.45. The summed E-state index contributed by atoms with van der Waals surface area (Å²) in [4.78, 5) is 2.40. The largest absolute Gasteiger partial charge is 0.456 e. The van der Waals surface area contributed by atoms with Crippen LogP contribution in [0.15, 0.2) is 205 Å². The monoisotopic (exact) mass is 775 g/mol. The predicted molar refractivity (Wildman–Crippen MR) is 250 cm³/mol. The third kappa shape index (κ3) is 5.37. The van der Waals surface area contributed by atoms with Gasteiger partial charge in [-0.3, -0.25) is 0 Å². The van der Waals surface area contributed by atoms with Gasteiger partial charge in [0.05, 0.1) is 0 Å². The molecule has 0 amide bonds. The van der Waals surface area contributed by atoms with Gasteiger partial charge in [0, 0.05) is 68.2 Å². The second-order valence-electron chi connectivity index (χ2n) is 14.9. The normalized spacial score (nSPS) is 11.8. The molecule has 0 bridgehead atoms. The van der Waals surface area contributed by atoms with E-state index in [9.17, 15) is 0 Å². The molecule has 0 spiro atoms. The van der Waals surface area contributed by atoms with Crippen molar-refractivity contribution >= 4 is 102 Å². The summed E-state index contributed by atoms with van der Waals surface area (Å²) in [5.41, 5.74) is 12.3. The van der Waals surface area contributed by atoms with Crippen LogP contribution in [0.4, 0.5) is 17.1 Å². The second kappa shape index (κ2) is 13.3. The third-order valence-electron chi connectivity index (χ3n) is 11.5. The Bertz CT molecular complexity index is 3380. The molecule has 4 heteroatoms. The van der Waals surface area contributed by atoms with Crippen molar-refractivity contribution < 1.29 is 4.42 Å². The molecule has 12 aromatic rings. The topological polar surface area (TPSA) is 16.4 Å². The smallest absolute Gasteiger partial charge is 0.135 e. The van der Waals surface area contributed by atoms with Crippen LogP contribution in [0.25, 0.3) is 95.7 Å². The number of fused-ring (bicyclic) bond motifs is 9. The summed E-state index contributed by atoms with van der Waals surface area (Å²) in [6.07, 6.45) is 0. The lowest BCUT2D eigenvalue weighted by Gasteiger charge is -2.27. The fraction of sp³-hybridized carbons (Fsp3) is 0. The molecule has 9 aromatic carbocycles. The maximum Gasteiger partial charge on any atom is 0.135 e. The van der Waals surface area contributed by atoms with Gasteiger partial charge in [-0.1, -0.05) is 133 Å². The Kier molecular flexibility index (Phi) is 7.62. The van der Waals surface area contributed by atoms with Crippen LogP contribution in [0.5, 0.6) is 0 Å². The summed E-state index contributed by atoms with van der Waals surface area (Å²) in [6, 6.07) is 72.8. The Balaban J connectivity index is 1.00. The van der Waals surface area contributed by atoms with E-state index in [0.717, 1.165) is 50.1 Å². The molecule has 58 heavy (non-hydrogen) atoms. The zero-order valence-electron chi connectivity index (χ0n) is 31.2. The molecule has 0 saturated carbocycles. The number of anilines is 3. The lowest BCUT2D eigenvalue weighted by molar-refractivity contribution is 0.669. The summed E-state index contributed by atoms with van der Waals surface area (Å²) < 4.78 is 11.4.